The van der Waals surface area contributed by atoms with E-state index in [1.165, 1.54) is 23.4 Å². The molecule has 0 radical (unpaired) electrons. The molecule has 0 spiro atoms. The number of nitrogens with zero attached hydrogens (tertiary/aromatic N) is 1. The van der Waals surface area contributed by atoms with Gasteiger partial charge >= 0.3 is 0 Å². The Morgan fingerprint density at radius 2 is 2.55 bits per heavy atom. The van der Waals surface area contributed by atoms with Gasteiger partial charge in [-0.2, -0.15) is 0 Å². The van der Waals surface area contributed by atoms with Crippen molar-refractivity contribution in [3.8, 4) is 0 Å². The molecule has 11 heavy (non-hydrogen) atoms. The molecule has 0 fully saturated rings. The first-order valence-electron chi connectivity index (χ1n) is 3.97. The van der Waals surface area contributed by atoms with Crippen LogP contribution in [0.4, 0.5) is 0 Å². The van der Waals surface area contributed by atoms with Gasteiger partial charge in [0.05, 0.1) is 5.71 Å². The van der Waals surface area contributed by atoms with Crippen molar-refractivity contribution in [1.82, 2.24) is 0 Å². The van der Waals surface area contributed by atoms with E-state index in [9.17, 15) is 0 Å². The number of aliphatic imine (C=N–C) groups is 1. The summed E-state index contributed by atoms with van der Waals surface area (Å²) >= 11 is 1.79. The van der Waals surface area contributed by atoms with Crippen LogP contribution in [-0.4, -0.2) is 11.8 Å². The lowest BCUT2D eigenvalue weighted by molar-refractivity contribution is 0.739. The van der Waals surface area contributed by atoms with E-state index in [0.717, 1.165) is 0 Å². The van der Waals surface area contributed by atoms with E-state index in [-0.39, 0.29) is 0 Å². The number of thiophene rings is 1. The largest absolute Gasteiger partial charge is 0.285 e. The predicted molar refractivity (Wildman–Crippen MR) is 49.6 cm³/mol. The Balaban J connectivity index is 2.25. The summed E-state index contributed by atoms with van der Waals surface area (Å²) in [5.41, 5.74) is 1.31. The maximum atomic E-state index is 4.56. The summed E-state index contributed by atoms with van der Waals surface area (Å²) in [6.45, 7) is 2.18. The summed E-state index contributed by atoms with van der Waals surface area (Å²) in [4.78, 5) is 5.91. The van der Waals surface area contributed by atoms with Gasteiger partial charge in [-0.25, -0.2) is 0 Å². The molecule has 0 aromatic carbocycles. The van der Waals surface area contributed by atoms with Gasteiger partial charge in [0.2, 0.25) is 0 Å². The Morgan fingerprint density at radius 3 is 3.09 bits per heavy atom. The van der Waals surface area contributed by atoms with Crippen LogP contribution in [0.25, 0.3) is 0 Å². The van der Waals surface area contributed by atoms with Gasteiger partial charge < -0.3 is 0 Å². The standard InChI is InChI=1S/C9H11NS/c1-7-4-5-8(10-7)9-3-2-6-11-9/h2-3,6-7H,4-5H2,1H3. The molecule has 1 atom stereocenters. The summed E-state index contributed by atoms with van der Waals surface area (Å²) in [6, 6.07) is 4.79. The summed E-state index contributed by atoms with van der Waals surface area (Å²) < 4.78 is 0. The van der Waals surface area contributed by atoms with Crippen LogP contribution in [0.2, 0.25) is 0 Å². The minimum Gasteiger partial charge on any atom is -0.285 e. The van der Waals surface area contributed by atoms with Crippen LogP contribution >= 0.6 is 11.3 Å². The number of rotatable bonds is 1. The van der Waals surface area contributed by atoms with E-state index < -0.39 is 0 Å². The summed E-state index contributed by atoms with van der Waals surface area (Å²) in [5, 5.41) is 2.11. The topological polar surface area (TPSA) is 12.4 Å². The monoisotopic (exact) mass is 165 g/mol. The highest BCUT2D eigenvalue weighted by molar-refractivity contribution is 7.12. The maximum absolute atomic E-state index is 4.56. The second-order valence-electron chi connectivity index (χ2n) is 2.94. The normalized spacial score (nSPS) is 23.7. The Bertz CT molecular complexity index is 261. The molecule has 1 unspecified atom stereocenters. The third kappa shape index (κ3) is 1.36. The van der Waals surface area contributed by atoms with Gasteiger partial charge in [-0.3, -0.25) is 4.99 Å². The molecule has 2 rings (SSSR count). The summed E-state index contributed by atoms with van der Waals surface area (Å²) in [6.07, 6.45) is 2.40. The molecule has 0 saturated heterocycles. The van der Waals surface area contributed by atoms with Crippen LogP contribution in [0.1, 0.15) is 24.6 Å². The lowest BCUT2D eigenvalue weighted by Gasteiger charge is -1.91. The molecule has 0 N–H and O–H groups in total. The SMILES string of the molecule is CC1CCC(c2cccs2)=N1. The zero-order chi connectivity index (χ0) is 7.68. The highest BCUT2D eigenvalue weighted by Crippen LogP contribution is 2.20. The quantitative estimate of drug-likeness (QED) is 0.606. The second kappa shape index (κ2) is 2.78. The Labute approximate surface area is 70.8 Å². The van der Waals surface area contributed by atoms with Crippen LogP contribution in [0, 0.1) is 0 Å². The summed E-state index contributed by atoms with van der Waals surface area (Å²) in [7, 11) is 0. The van der Waals surface area contributed by atoms with Crippen molar-refractivity contribution in [2.24, 2.45) is 4.99 Å². The molecule has 0 bridgehead atoms. The molecule has 1 aliphatic heterocycles. The van der Waals surface area contributed by atoms with Gasteiger partial charge in [-0.1, -0.05) is 6.07 Å². The smallest absolute Gasteiger partial charge is 0.0524 e. The van der Waals surface area contributed by atoms with E-state index in [2.05, 4.69) is 29.4 Å². The molecule has 0 aliphatic carbocycles. The Morgan fingerprint density at radius 1 is 1.64 bits per heavy atom. The van der Waals surface area contributed by atoms with Crippen molar-refractivity contribution >= 4 is 17.0 Å². The molecular weight excluding hydrogens is 154 g/mol. The maximum Gasteiger partial charge on any atom is 0.0524 e. The van der Waals surface area contributed by atoms with Crippen LogP contribution in [0.3, 0.4) is 0 Å². The zero-order valence-corrected chi connectivity index (χ0v) is 7.40. The van der Waals surface area contributed by atoms with Crippen molar-refractivity contribution < 1.29 is 0 Å². The Kier molecular flexibility index (Phi) is 1.78. The molecule has 1 aromatic rings. The third-order valence-corrected chi connectivity index (χ3v) is 2.90. The number of hydrogen-bond acceptors (Lipinski definition) is 2. The fourth-order valence-electron chi connectivity index (χ4n) is 1.37. The Hall–Kier alpha value is -0.630. The van der Waals surface area contributed by atoms with Gasteiger partial charge in [0.1, 0.15) is 0 Å². The minimum atomic E-state index is 0.548. The van der Waals surface area contributed by atoms with Crippen molar-refractivity contribution in [1.29, 1.82) is 0 Å². The molecule has 1 nitrogen and oxygen atoms in total. The van der Waals surface area contributed by atoms with E-state index in [0.29, 0.717) is 6.04 Å². The molecule has 2 heterocycles. The zero-order valence-electron chi connectivity index (χ0n) is 6.58. The van der Waals surface area contributed by atoms with Gasteiger partial charge in [-0.15, -0.1) is 11.3 Å². The minimum absolute atomic E-state index is 0.548. The van der Waals surface area contributed by atoms with Gasteiger partial charge in [-0.05, 0) is 31.2 Å². The average molecular weight is 165 g/mol. The highest BCUT2D eigenvalue weighted by Gasteiger charge is 2.14. The van der Waals surface area contributed by atoms with E-state index in [4.69, 9.17) is 0 Å². The fraction of sp³-hybridized carbons (Fsp3) is 0.444. The lowest BCUT2D eigenvalue weighted by atomic mass is 10.2. The van der Waals surface area contributed by atoms with E-state index in [1.54, 1.807) is 11.3 Å². The highest BCUT2D eigenvalue weighted by atomic mass is 32.1. The van der Waals surface area contributed by atoms with Crippen molar-refractivity contribution in [2.45, 2.75) is 25.8 Å². The molecule has 0 saturated carbocycles. The second-order valence-corrected chi connectivity index (χ2v) is 3.89. The van der Waals surface area contributed by atoms with Crippen molar-refractivity contribution in [3.05, 3.63) is 22.4 Å². The first-order chi connectivity index (χ1) is 5.36. The van der Waals surface area contributed by atoms with Crippen molar-refractivity contribution in [2.75, 3.05) is 0 Å². The first-order valence-corrected chi connectivity index (χ1v) is 4.85. The van der Waals surface area contributed by atoms with Crippen LogP contribution in [-0.2, 0) is 0 Å². The van der Waals surface area contributed by atoms with Crippen molar-refractivity contribution in [3.63, 3.8) is 0 Å². The average Bonchev–Trinajstić information content (AvgIpc) is 2.55. The van der Waals surface area contributed by atoms with E-state index >= 15 is 0 Å². The molecular formula is C9H11NS. The van der Waals surface area contributed by atoms with E-state index in [1.807, 2.05) is 0 Å². The predicted octanol–water partition coefficient (Wildman–Crippen LogP) is 2.72. The summed E-state index contributed by atoms with van der Waals surface area (Å²) in [5.74, 6) is 0. The molecule has 0 amide bonds. The molecule has 58 valence electrons. The molecule has 2 heteroatoms. The first kappa shape index (κ1) is 7.04. The third-order valence-electron chi connectivity index (χ3n) is 1.98. The van der Waals surface area contributed by atoms with Crippen LogP contribution in [0.15, 0.2) is 22.5 Å². The van der Waals surface area contributed by atoms with Gasteiger partial charge in [0, 0.05) is 10.9 Å². The number of hydrogen-bond donors (Lipinski definition) is 0. The lowest BCUT2D eigenvalue weighted by Crippen LogP contribution is -1.90. The van der Waals surface area contributed by atoms with Gasteiger partial charge in [0.15, 0.2) is 0 Å². The molecule has 1 aliphatic rings. The fourth-order valence-corrected chi connectivity index (χ4v) is 2.12. The van der Waals surface area contributed by atoms with Gasteiger partial charge in [0.25, 0.3) is 0 Å². The van der Waals surface area contributed by atoms with Crippen LogP contribution in [0.5, 0.6) is 0 Å². The van der Waals surface area contributed by atoms with Crippen LogP contribution < -0.4 is 0 Å². The molecule has 1 aromatic heterocycles.